The molecule has 2 aliphatic rings. The standard InChI is InChI=1S/C19H24N2O2/c22-15-6-7-16-18(11-15)21-19(23)17(20-16)5-3-1-2-4-12-8-13-10-14(13)9-12/h6-7,11-14,22H,1-5,8-10H2,(H,21,23)/t12?,13-,14+. The average Bonchev–Trinajstić information content (AvgIpc) is 3.14. The molecular weight excluding hydrogens is 288 g/mol. The van der Waals surface area contributed by atoms with Crippen molar-refractivity contribution >= 4 is 11.0 Å². The summed E-state index contributed by atoms with van der Waals surface area (Å²) in [5.74, 6) is 3.29. The van der Waals surface area contributed by atoms with Crippen LogP contribution < -0.4 is 5.56 Å². The van der Waals surface area contributed by atoms with Crippen LogP contribution in [0.15, 0.2) is 23.0 Å². The number of nitrogens with zero attached hydrogens (tertiary/aromatic N) is 1. The van der Waals surface area contributed by atoms with Crippen LogP contribution in [0.25, 0.3) is 11.0 Å². The quantitative estimate of drug-likeness (QED) is 0.798. The predicted octanol–water partition coefficient (Wildman–Crippen LogP) is 3.78. The highest BCUT2D eigenvalue weighted by Crippen LogP contribution is 2.55. The van der Waals surface area contributed by atoms with E-state index >= 15 is 0 Å². The van der Waals surface area contributed by atoms with Gasteiger partial charge in [-0.25, -0.2) is 4.98 Å². The topological polar surface area (TPSA) is 66.0 Å². The van der Waals surface area contributed by atoms with Crippen molar-refractivity contribution in [3.8, 4) is 5.75 Å². The number of phenols is 1. The minimum Gasteiger partial charge on any atom is -0.508 e. The fraction of sp³-hybridized carbons (Fsp3) is 0.579. The summed E-state index contributed by atoms with van der Waals surface area (Å²) < 4.78 is 0. The maximum absolute atomic E-state index is 12.1. The first kappa shape index (κ1) is 14.7. The van der Waals surface area contributed by atoms with Crippen LogP contribution >= 0.6 is 0 Å². The molecule has 0 spiro atoms. The molecule has 4 nitrogen and oxygen atoms in total. The first-order valence-electron chi connectivity index (χ1n) is 8.91. The summed E-state index contributed by atoms with van der Waals surface area (Å²) in [6.07, 6.45) is 10.1. The number of H-pyrrole nitrogens is 1. The molecule has 2 N–H and O–H groups in total. The molecule has 1 unspecified atom stereocenters. The molecule has 2 aromatic rings. The van der Waals surface area contributed by atoms with Crippen LogP contribution in [-0.2, 0) is 6.42 Å². The molecular formula is C19H24N2O2. The van der Waals surface area contributed by atoms with Gasteiger partial charge in [-0.2, -0.15) is 0 Å². The second kappa shape index (κ2) is 5.99. The Morgan fingerprint density at radius 2 is 1.96 bits per heavy atom. The predicted molar refractivity (Wildman–Crippen MR) is 90.5 cm³/mol. The first-order chi connectivity index (χ1) is 11.2. The van der Waals surface area contributed by atoms with Crippen molar-refractivity contribution in [1.29, 1.82) is 0 Å². The zero-order valence-corrected chi connectivity index (χ0v) is 13.4. The third-order valence-corrected chi connectivity index (χ3v) is 5.61. The smallest absolute Gasteiger partial charge is 0.270 e. The normalized spacial score (nSPS) is 25.7. The van der Waals surface area contributed by atoms with E-state index in [1.54, 1.807) is 18.2 Å². The fourth-order valence-electron chi connectivity index (χ4n) is 4.26. The Bertz CT molecular complexity index is 758. The summed E-state index contributed by atoms with van der Waals surface area (Å²) in [5.41, 5.74) is 1.82. The van der Waals surface area contributed by atoms with E-state index in [4.69, 9.17) is 0 Å². The van der Waals surface area contributed by atoms with E-state index in [9.17, 15) is 9.90 Å². The van der Waals surface area contributed by atoms with Crippen molar-refractivity contribution in [3.05, 3.63) is 34.2 Å². The lowest BCUT2D eigenvalue weighted by Crippen LogP contribution is -2.15. The lowest BCUT2D eigenvalue weighted by molar-refractivity contribution is 0.428. The number of rotatable bonds is 6. The Morgan fingerprint density at radius 3 is 2.78 bits per heavy atom. The number of benzene rings is 1. The number of aromatic hydroxyl groups is 1. The van der Waals surface area contributed by atoms with E-state index in [-0.39, 0.29) is 11.3 Å². The van der Waals surface area contributed by atoms with Crippen LogP contribution in [0, 0.1) is 17.8 Å². The van der Waals surface area contributed by atoms with Gasteiger partial charge in [0.15, 0.2) is 0 Å². The fourth-order valence-corrected chi connectivity index (χ4v) is 4.26. The molecule has 4 rings (SSSR count). The van der Waals surface area contributed by atoms with Gasteiger partial charge >= 0.3 is 0 Å². The van der Waals surface area contributed by atoms with Gasteiger partial charge < -0.3 is 10.1 Å². The largest absolute Gasteiger partial charge is 0.508 e. The van der Waals surface area contributed by atoms with E-state index in [1.165, 1.54) is 38.5 Å². The second-order valence-corrected chi connectivity index (χ2v) is 7.41. The third kappa shape index (κ3) is 3.26. The van der Waals surface area contributed by atoms with Gasteiger partial charge in [0.25, 0.3) is 5.56 Å². The van der Waals surface area contributed by atoms with Gasteiger partial charge in [0.2, 0.25) is 0 Å². The number of hydrogen-bond donors (Lipinski definition) is 2. The number of aromatic nitrogens is 2. The molecule has 2 fully saturated rings. The van der Waals surface area contributed by atoms with Gasteiger partial charge in [-0.15, -0.1) is 0 Å². The molecule has 0 saturated heterocycles. The number of aryl methyl sites for hydroxylation is 1. The minimum atomic E-state index is -0.126. The zero-order valence-electron chi connectivity index (χ0n) is 13.4. The van der Waals surface area contributed by atoms with Crippen LogP contribution in [0.2, 0.25) is 0 Å². The van der Waals surface area contributed by atoms with E-state index in [0.29, 0.717) is 11.2 Å². The number of nitrogens with one attached hydrogen (secondary N) is 1. The molecule has 0 bridgehead atoms. The number of fused-ring (bicyclic) bond motifs is 2. The molecule has 0 amide bonds. The SMILES string of the molecule is O=c1[nH]c2cc(O)ccc2nc1CCCCCC1C[C@@H]2C[C@@H]2C1. The van der Waals surface area contributed by atoms with Gasteiger partial charge in [-0.05, 0) is 62.0 Å². The van der Waals surface area contributed by atoms with Gasteiger partial charge in [0.05, 0.1) is 11.0 Å². The van der Waals surface area contributed by atoms with Gasteiger partial charge in [-0.3, -0.25) is 4.79 Å². The first-order valence-corrected chi connectivity index (χ1v) is 8.91. The van der Waals surface area contributed by atoms with Crippen molar-refractivity contribution < 1.29 is 5.11 Å². The third-order valence-electron chi connectivity index (χ3n) is 5.61. The number of unbranched alkanes of at least 4 members (excludes halogenated alkanes) is 2. The summed E-state index contributed by atoms with van der Waals surface area (Å²) >= 11 is 0. The van der Waals surface area contributed by atoms with Crippen LogP contribution in [0.5, 0.6) is 5.75 Å². The second-order valence-electron chi connectivity index (χ2n) is 7.41. The van der Waals surface area contributed by atoms with Crippen molar-refractivity contribution in [2.45, 2.75) is 51.4 Å². The molecule has 0 aliphatic heterocycles. The molecule has 1 aromatic carbocycles. The Kier molecular flexibility index (Phi) is 3.83. The molecule has 2 aliphatic carbocycles. The monoisotopic (exact) mass is 312 g/mol. The van der Waals surface area contributed by atoms with E-state index in [2.05, 4.69) is 9.97 Å². The molecule has 122 valence electrons. The summed E-state index contributed by atoms with van der Waals surface area (Å²) in [6.45, 7) is 0. The van der Waals surface area contributed by atoms with Gasteiger partial charge in [0.1, 0.15) is 11.4 Å². The average molecular weight is 312 g/mol. The Labute approximate surface area is 136 Å². The number of aromatic amines is 1. The summed E-state index contributed by atoms with van der Waals surface area (Å²) in [4.78, 5) is 19.3. The van der Waals surface area contributed by atoms with Crippen LogP contribution in [-0.4, -0.2) is 15.1 Å². The van der Waals surface area contributed by atoms with Crippen LogP contribution in [0.1, 0.15) is 50.6 Å². The molecule has 2 saturated carbocycles. The summed E-state index contributed by atoms with van der Waals surface area (Å²) in [5, 5.41) is 9.45. The van der Waals surface area contributed by atoms with Crippen molar-refractivity contribution in [3.63, 3.8) is 0 Å². The Morgan fingerprint density at radius 1 is 1.13 bits per heavy atom. The zero-order chi connectivity index (χ0) is 15.8. The molecule has 1 heterocycles. The molecule has 4 heteroatoms. The maximum atomic E-state index is 12.1. The van der Waals surface area contributed by atoms with Crippen molar-refractivity contribution in [2.75, 3.05) is 0 Å². The lowest BCUT2D eigenvalue weighted by Gasteiger charge is -2.10. The lowest BCUT2D eigenvalue weighted by atomic mass is 9.96. The van der Waals surface area contributed by atoms with Crippen LogP contribution in [0.3, 0.4) is 0 Å². The Hall–Kier alpha value is -1.84. The Balaban J connectivity index is 1.28. The van der Waals surface area contributed by atoms with E-state index in [1.807, 2.05) is 0 Å². The highest BCUT2D eigenvalue weighted by molar-refractivity contribution is 5.75. The molecule has 1 aromatic heterocycles. The van der Waals surface area contributed by atoms with Gasteiger partial charge in [-0.1, -0.05) is 19.3 Å². The highest BCUT2D eigenvalue weighted by Gasteiger charge is 2.45. The molecule has 3 atom stereocenters. The van der Waals surface area contributed by atoms with Gasteiger partial charge in [0, 0.05) is 6.07 Å². The van der Waals surface area contributed by atoms with Crippen molar-refractivity contribution in [1.82, 2.24) is 9.97 Å². The molecule has 23 heavy (non-hydrogen) atoms. The van der Waals surface area contributed by atoms with Crippen molar-refractivity contribution in [2.24, 2.45) is 17.8 Å². The summed E-state index contributed by atoms with van der Waals surface area (Å²) in [6, 6.07) is 4.89. The highest BCUT2D eigenvalue weighted by atomic mass is 16.3. The molecule has 0 radical (unpaired) electrons. The minimum absolute atomic E-state index is 0.126. The maximum Gasteiger partial charge on any atom is 0.270 e. The van der Waals surface area contributed by atoms with E-state index < -0.39 is 0 Å². The number of phenolic OH excluding ortho intramolecular Hbond substituents is 1. The van der Waals surface area contributed by atoms with E-state index in [0.717, 1.165) is 36.1 Å². The number of hydrogen-bond acceptors (Lipinski definition) is 3. The van der Waals surface area contributed by atoms with Crippen LogP contribution in [0.4, 0.5) is 0 Å². The summed E-state index contributed by atoms with van der Waals surface area (Å²) in [7, 11) is 0.